The number of nitrogens with two attached hydrogens (primary N) is 1. The zero-order chi connectivity index (χ0) is 26.0. The predicted octanol–water partition coefficient (Wildman–Crippen LogP) is -2.23. The van der Waals surface area contributed by atoms with E-state index in [-0.39, 0.29) is 12.2 Å². The highest BCUT2D eigenvalue weighted by molar-refractivity contribution is 5.96. The zero-order valence-corrected chi connectivity index (χ0v) is 18.1. The van der Waals surface area contributed by atoms with E-state index in [1.54, 1.807) is 12.1 Å². The van der Waals surface area contributed by atoms with E-state index in [1.165, 1.54) is 19.1 Å². The van der Waals surface area contributed by atoms with Crippen LogP contribution >= 0.6 is 0 Å². The lowest BCUT2D eigenvalue weighted by Gasteiger charge is -2.22. The third-order valence-electron chi connectivity index (χ3n) is 4.49. The molecule has 0 saturated heterocycles. The minimum Gasteiger partial charge on any atom is -0.508 e. The molecule has 1 rings (SSSR count). The molecule has 0 aliphatic carbocycles. The molecule has 14 nitrogen and oxygen atoms in total. The summed E-state index contributed by atoms with van der Waals surface area (Å²) >= 11 is 0. The summed E-state index contributed by atoms with van der Waals surface area (Å²) < 4.78 is 0. The van der Waals surface area contributed by atoms with Gasteiger partial charge in [0, 0.05) is 0 Å². The third kappa shape index (κ3) is 9.52. The van der Waals surface area contributed by atoms with Gasteiger partial charge < -0.3 is 42.1 Å². The van der Waals surface area contributed by atoms with Crippen LogP contribution in [0.5, 0.6) is 5.75 Å². The molecule has 0 heterocycles. The normalized spacial score (nSPS) is 14.1. The van der Waals surface area contributed by atoms with E-state index >= 15 is 0 Å². The number of carbonyl (C=O) groups excluding carboxylic acids is 3. The van der Waals surface area contributed by atoms with Crippen LogP contribution in [0, 0.1) is 0 Å². The van der Waals surface area contributed by atoms with Crippen LogP contribution in [0.3, 0.4) is 0 Å². The summed E-state index contributed by atoms with van der Waals surface area (Å²) in [6.07, 6.45) is -1.82. The number of aliphatic carboxylic acids is 3. The summed E-state index contributed by atoms with van der Waals surface area (Å²) in [5.74, 6) is -7.57. The molecule has 3 amide bonds. The Balaban J connectivity index is 2.77. The number of carboxylic acids is 3. The molecule has 0 aromatic heterocycles. The Labute approximate surface area is 193 Å². The van der Waals surface area contributed by atoms with Gasteiger partial charge in [-0.2, -0.15) is 0 Å². The van der Waals surface area contributed by atoms with Gasteiger partial charge >= 0.3 is 17.9 Å². The second-order valence-corrected chi connectivity index (χ2v) is 7.36. The highest BCUT2D eigenvalue weighted by Gasteiger charge is 2.31. The van der Waals surface area contributed by atoms with Crippen molar-refractivity contribution >= 4 is 35.6 Å². The van der Waals surface area contributed by atoms with Gasteiger partial charge in [0.05, 0.1) is 18.9 Å². The molecule has 9 N–H and O–H groups in total. The Hall–Kier alpha value is -4.20. The first kappa shape index (κ1) is 27.8. The third-order valence-corrected chi connectivity index (χ3v) is 4.49. The predicted molar refractivity (Wildman–Crippen MR) is 113 cm³/mol. The van der Waals surface area contributed by atoms with Crippen LogP contribution in [0.15, 0.2) is 24.3 Å². The van der Waals surface area contributed by atoms with Crippen LogP contribution in [0.1, 0.15) is 25.3 Å². The lowest BCUT2D eigenvalue weighted by Crippen LogP contribution is -2.57. The molecule has 0 saturated carbocycles. The Kier molecular flexibility index (Phi) is 10.4. The Morgan fingerprint density at radius 1 is 0.794 bits per heavy atom. The fourth-order valence-electron chi connectivity index (χ4n) is 2.69. The van der Waals surface area contributed by atoms with Crippen molar-refractivity contribution in [3.63, 3.8) is 0 Å². The van der Waals surface area contributed by atoms with Crippen LogP contribution in [0.25, 0.3) is 0 Å². The van der Waals surface area contributed by atoms with Crippen LogP contribution in [0.2, 0.25) is 0 Å². The maximum absolute atomic E-state index is 12.4. The number of carbonyl (C=O) groups is 6. The number of hydrogen-bond donors (Lipinski definition) is 8. The topological polar surface area (TPSA) is 245 Å². The highest BCUT2D eigenvalue weighted by Crippen LogP contribution is 2.11. The van der Waals surface area contributed by atoms with E-state index in [9.17, 15) is 33.9 Å². The summed E-state index contributed by atoms with van der Waals surface area (Å²) in [5.41, 5.74) is 6.47. The summed E-state index contributed by atoms with van der Waals surface area (Å²) in [6, 6.07) is 0.0237. The fourth-order valence-corrected chi connectivity index (χ4v) is 2.69. The molecule has 1 aromatic carbocycles. The average molecular weight is 482 g/mol. The molecule has 0 radical (unpaired) electrons. The fraction of sp³-hybridized carbons (Fsp3) is 0.400. The van der Waals surface area contributed by atoms with Crippen molar-refractivity contribution in [3.05, 3.63) is 29.8 Å². The number of nitrogens with one attached hydrogen (secondary N) is 3. The largest absolute Gasteiger partial charge is 0.508 e. The Morgan fingerprint density at radius 2 is 1.29 bits per heavy atom. The second-order valence-electron chi connectivity index (χ2n) is 7.36. The molecule has 4 atom stereocenters. The molecule has 0 bridgehead atoms. The Bertz CT molecular complexity index is 934. The van der Waals surface area contributed by atoms with Gasteiger partial charge in [-0.1, -0.05) is 12.1 Å². The number of aromatic hydroxyl groups is 1. The summed E-state index contributed by atoms with van der Waals surface area (Å²) in [4.78, 5) is 70.0. The zero-order valence-electron chi connectivity index (χ0n) is 18.1. The SMILES string of the molecule is CC(NC(=O)C(N)Cc1ccc(O)cc1)C(=O)NC(CC(=O)O)C(=O)NC(CC(=O)O)C(=O)O. The standard InChI is InChI=1S/C20H26N4O10/c1-9(22-18(31)12(21)6-10-2-4-11(25)5-3-10)17(30)23-13(7-15(26)27)19(32)24-14(20(33)34)8-16(28)29/h2-5,9,12-14,25H,6-8,21H2,1H3,(H,22,31)(H,23,30)(H,24,32)(H,26,27)(H,28,29)(H,33,34). The van der Waals surface area contributed by atoms with Gasteiger partial charge in [-0.3, -0.25) is 24.0 Å². The number of benzene rings is 1. The first-order valence-corrected chi connectivity index (χ1v) is 9.91. The quantitative estimate of drug-likeness (QED) is 0.149. The number of phenols is 1. The van der Waals surface area contributed by atoms with E-state index in [2.05, 4.69) is 10.6 Å². The van der Waals surface area contributed by atoms with E-state index in [0.29, 0.717) is 5.56 Å². The van der Waals surface area contributed by atoms with E-state index in [1.807, 2.05) is 5.32 Å². The maximum Gasteiger partial charge on any atom is 0.326 e. The second kappa shape index (κ2) is 12.7. The summed E-state index contributed by atoms with van der Waals surface area (Å²) in [6.45, 7) is 1.25. The van der Waals surface area contributed by atoms with Gasteiger partial charge in [-0.15, -0.1) is 0 Å². The first-order chi connectivity index (χ1) is 15.8. The molecule has 34 heavy (non-hydrogen) atoms. The van der Waals surface area contributed by atoms with Crippen LogP contribution < -0.4 is 21.7 Å². The molecule has 14 heteroatoms. The van der Waals surface area contributed by atoms with Crippen molar-refractivity contribution < 1.29 is 49.2 Å². The van der Waals surface area contributed by atoms with E-state index in [0.717, 1.165) is 0 Å². The first-order valence-electron chi connectivity index (χ1n) is 9.91. The lowest BCUT2D eigenvalue weighted by atomic mass is 10.1. The van der Waals surface area contributed by atoms with Crippen LogP contribution in [0.4, 0.5) is 0 Å². The van der Waals surface area contributed by atoms with Gasteiger partial charge in [0.2, 0.25) is 17.7 Å². The molecule has 0 fully saturated rings. The van der Waals surface area contributed by atoms with Crippen molar-refractivity contribution in [1.29, 1.82) is 0 Å². The monoisotopic (exact) mass is 482 g/mol. The molecule has 0 aliphatic heterocycles. The molecular formula is C20H26N4O10. The van der Waals surface area contributed by atoms with Gasteiger partial charge in [-0.25, -0.2) is 4.79 Å². The number of carboxylic acid groups (broad SMARTS) is 3. The van der Waals surface area contributed by atoms with E-state index < -0.39 is 72.6 Å². The maximum atomic E-state index is 12.4. The van der Waals surface area contributed by atoms with Crippen molar-refractivity contribution in [2.24, 2.45) is 5.73 Å². The average Bonchev–Trinajstić information content (AvgIpc) is 2.73. The minimum absolute atomic E-state index is 0.0321. The van der Waals surface area contributed by atoms with Crippen molar-refractivity contribution in [2.75, 3.05) is 0 Å². The number of phenolic OH excluding ortho intramolecular Hbond substituents is 1. The van der Waals surface area contributed by atoms with Crippen molar-refractivity contribution in [3.8, 4) is 5.75 Å². The van der Waals surface area contributed by atoms with Crippen LogP contribution in [-0.2, 0) is 35.2 Å². The summed E-state index contributed by atoms with van der Waals surface area (Å²) in [7, 11) is 0. The minimum atomic E-state index is -1.85. The van der Waals surface area contributed by atoms with Gasteiger partial charge in [0.1, 0.15) is 23.9 Å². The smallest absolute Gasteiger partial charge is 0.326 e. The van der Waals surface area contributed by atoms with Crippen molar-refractivity contribution in [1.82, 2.24) is 16.0 Å². The lowest BCUT2D eigenvalue weighted by molar-refractivity contribution is -0.148. The highest BCUT2D eigenvalue weighted by atomic mass is 16.4. The number of amides is 3. The summed E-state index contributed by atoms with van der Waals surface area (Å²) in [5, 5.41) is 42.3. The molecular weight excluding hydrogens is 456 g/mol. The number of rotatable bonds is 13. The Morgan fingerprint density at radius 3 is 1.79 bits per heavy atom. The van der Waals surface area contributed by atoms with Gasteiger partial charge in [0.25, 0.3) is 0 Å². The van der Waals surface area contributed by atoms with Gasteiger partial charge in [0.15, 0.2) is 0 Å². The molecule has 4 unspecified atom stereocenters. The molecule has 186 valence electrons. The molecule has 0 aliphatic rings. The van der Waals surface area contributed by atoms with Crippen molar-refractivity contribution in [2.45, 2.75) is 50.4 Å². The van der Waals surface area contributed by atoms with Crippen LogP contribution in [-0.4, -0.2) is 80.2 Å². The molecule has 0 spiro atoms. The number of hydrogen-bond acceptors (Lipinski definition) is 8. The van der Waals surface area contributed by atoms with E-state index in [4.69, 9.17) is 21.1 Å². The van der Waals surface area contributed by atoms with Gasteiger partial charge in [-0.05, 0) is 31.0 Å². The molecule has 1 aromatic rings.